The number of aromatic nitrogens is 1. The average Bonchev–Trinajstić information content (AvgIpc) is 2.25. The largest absolute Gasteiger partial charge is 0.350 e. The first-order valence-corrected chi connectivity index (χ1v) is 5.55. The summed E-state index contributed by atoms with van der Waals surface area (Å²) >= 11 is 11.9. The summed E-state index contributed by atoms with van der Waals surface area (Å²) in [6.07, 6.45) is 3.71. The topological polar surface area (TPSA) is 28.8 Å². The van der Waals surface area contributed by atoms with Crippen molar-refractivity contribution in [3.63, 3.8) is 0 Å². The Hall–Kier alpha value is -1.25. The van der Waals surface area contributed by atoms with Crippen molar-refractivity contribution in [3.05, 3.63) is 63.7 Å². The van der Waals surface area contributed by atoms with Gasteiger partial charge in [0.2, 0.25) is 0 Å². The molecular formula is C12H10Cl2N2. The maximum absolute atomic E-state index is 7.38. The van der Waals surface area contributed by atoms with E-state index in [0.717, 1.165) is 5.56 Å². The maximum atomic E-state index is 7.38. The summed E-state index contributed by atoms with van der Waals surface area (Å²) in [4.78, 5) is 0. The monoisotopic (exact) mass is 252 g/mol. The molecule has 0 amide bonds. The highest BCUT2D eigenvalue weighted by Gasteiger charge is 2.01. The van der Waals surface area contributed by atoms with Gasteiger partial charge in [-0.25, -0.2) is 0 Å². The van der Waals surface area contributed by atoms with Crippen molar-refractivity contribution in [2.75, 3.05) is 0 Å². The molecule has 1 aromatic heterocycles. The Morgan fingerprint density at radius 3 is 2.38 bits per heavy atom. The van der Waals surface area contributed by atoms with Crippen molar-refractivity contribution in [2.24, 2.45) is 0 Å². The van der Waals surface area contributed by atoms with Crippen LogP contribution in [0.3, 0.4) is 0 Å². The molecule has 0 aliphatic heterocycles. The summed E-state index contributed by atoms with van der Waals surface area (Å²) in [6, 6.07) is 8.94. The minimum absolute atomic E-state index is 0.499. The lowest BCUT2D eigenvalue weighted by atomic mass is 10.2. The van der Waals surface area contributed by atoms with E-state index in [-0.39, 0.29) is 0 Å². The van der Waals surface area contributed by atoms with Crippen molar-refractivity contribution >= 4 is 23.2 Å². The number of rotatable bonds is 2. The van der Waals surface area contributed by atoms with Gasteiger partial charge in [-0.05, 0) is 29.8 Å². The van der Waals surface area contributed by atoms with Crippen LogP contribution in [0.1, 0.15) is 5.56 Å². The molecule has 0 aliphatic carbocycles. The molecule has 1 heterocycles. The molecule has 1 aromatic carbocycles. The van der Waals surface area contributed by atoms with Gasteiger partial charge in [0.1, 0.15) is 0 Å². The zero-order valence-electron chi connectivity index (χ0n) is 8.45. The average molecular weight is 253 g/mol. The molecule has 1 N–H and O–H groups in total. The highest BCUT2D eigenvalue weighted by Crippen LogP contribution is 2.21. The number of halogens is 2. The molecule has 2 nitrogen and oxygen atoms in total. The van der Waals surface area contributed by atoms with Crippen LogP contribution < -0.4 is 5.36 Å². The van der Waals surface area contributed by atoms with Crippen molar-refractivity contribution in [2.45, 2.75) is 6.54 Å². The van der Waals surface area contributed by atoms with Gasteiger partial charge in [0, 0.05) is 29.0 Å². The lowest BCUT2D eigenvalue weighted by Gasteiger charge is -2.08. The molecule has 0 bridgehead atoms. The van der Waals surface area contributed by atoms with Crippen LogP contribution in [0.4, 0.5) is 0 Å². The number of pyridine rings is 1. The molecule has 4 heteroatoms. The fraction of sp³-hybridized carbons (Fsp3) is 0.0833. The second-order valence-electron chi connectivity index (χ2n) is 3.49. The van der Waals surface area contributed by atoms with E-state index in [0.29, 0.717) is 21.9 Å². The van der Waals surface area contributed by atoms with Crippen LogP contribution in [-0.4, -0.2) is 4.57 Å². The summed E-state index contributed by atoms with van der Waals surface area (Å²) in [5.41, 5.74) is 1.01. The van der Waals surface area contributed by atoms with Crippen LogP contribution in [0, 0.1) is 5.41 Å². The number of nitrogens with one attached hydrogen (secondary N) is 1. The third kappa shape index (κ3) is 2.65. The van der Waals surface area contributed by atoms with E-state index >= 15 is 0 Å². The Bertz CT molecular complexity index is 541. The summed E-state index contributed by atoms with van der Waals surface area (Å²) in [5.74, 6) is 0. The van der Waals surface area contributed by atoms with Crippen LogP contribution >= 0.6 is 23.2 Å². The van der Waals surface area contributed by atoms with Gasteiger partial charge >= 0.3 is 0 Å². The fourth-order valence-electron chi connectivity index (χ4n) is 1.41. The fourth-order valence-corrected chi connectivity index (χ4v) is 1.88. The van der Waals surface area contributed by atoms with Gasteiger partial charge in [-0.15, -0.1) is 0 Å². The zero-order chi connectivity index (χ0) is 11.5. The Kier molecular flexibility index (Phi) is 3.32. The first-order valence-electron chi connectivity index (χ1n) is 4.80. The first kappa shape index (κ1) is 11.2. The predicted molar refractivity (Wildman–Crippen MR) is 65.9 cm³/mol. The molecule has 0 saturated heterocycles. The molecule has 0 atom stereocenters. The predicted octanol–water partition coefficient (Wildman–Crippen LogP) is 3.32. The van der Waals surface area contributed by atoms with E-state index < -0.39 is 0 Å². The van der Waals surface area contributed by atoms with Crippen molar-refractivity contribution in [3.8, 4) is 0 Å². The summed E-state index contributed by atoms with van der Waals surface area (Å²) in [5, 5.41) is 9.18. The SMILES string of the molecule is N=c1ccn(Cc2ccc(Cl)cc2Cl)cc1. The molecule has 0 spiro atoms. The number of hydrogen-bond donors (Lipinski definition) is 1. The van der Waals surface area contributed by atoms with E-state index in [2.05, 4.69) is 0 Å². The van der Waals surface area contributed by atoms with Gasteiger partial charge in [-0.2, -0.15) is 0 Å². The number of benzene rings is 1. The Morgan fingerprint density at radius 1 is 1.06 bits per heavy atom. The van der Waals surface area contributed by atoms with Crippen LogP contribution in [0.2, 0.25) is 10.0 Å². The lowest BCUT2D eigenvalue weighted by molar-refractivity contribution is 0.786. The van der Waals surface area contributed by atoms with Crippen molar-refractivity contribution in [1.29, 1.82) is 5.41 Å². The molecule has 0 fully saturated rings. The summed E-state index contributed by atoms with van der Waals surface area (Å²) in [7, 11) is 0. The summed E-state index contributed by atoms with van der Waals surface area (Å²) in [6.45, 7) is 0.677. The smallest absolute Gasteiger partial charge is 0.0568 e. The molecule has 16 heavy (non-hydrogen) atoms. The van der Waals surface area contributed by atoms with Gasteiger partial charge in [-0.1, -0.05) is 29.3 Å². The highest BCUT2D eigenvalue weighted by atomic mass is 35.5. The van der Waals surface area contributed by atoms with Gasteiger partial charge in [0.15, 0.2) is 0 Å². The van der Waals surface area contributed by atoms with Crippen LogP contribution in [0.15, 0.2) is 42.7 Å². The molecule has 2 aromatic rings. The second-order valence-corrected chi connectivity index (χ2v) is 4.34. The number of nitrogens with zero attached hydrogens (tertiary/aromatic N) is 1. The normalized spacial score (nSPS) is 10.4. The summed E-state index contributed by atoms with van der Waals surface area (Å²) < 4.78 is 1.97. The molecule has 2 rings (SSSR count). The third-order valence-corrected chi connectivity index (χ3v) is 2.85. The van der Waals surface area contributed by atoms with E-state index in [1.165, 1.54) is 0 Å². The van der Waals surface area contributed by atoms with Crippen LogP contribution in [-0.2, 0) is 6.54 Å². The molecule has 0 radical (unpaired) electrons. The van der Waals surface area contributed by atoms with E-state index in [1.807, 2.05) is 29.1 Å². The lowest BCUT2D eigenvalue weighted by Crippen LogP contribution is -2.05. The Labute approximate surface area is 104 Å². The minimum Gasteiger partial charge on any atom is -0.350 e. The van der Waals surface area contributed by atoms with E-state index in [1.54, 1.807) is 18.2 Å². The van der Waals surface area contributed by atoms with Gasteiger partial charge < -0.3 is 9.98 Å². The Morgan fingerprint density at radius 2 is 1.75 bits per heavy atom. The maximum Gasteiger partial charge on any atom is 0.0568 e. The van der Waals surface area contributed by atoms with Crippen molar-refractivity contribution < 1.29 is 0 Å². The molecule has 0 saturated carbocycles. The second kappa shape index (κ2) is 4.73. The van der Waals surface area contributed by atoms with Crippen LogP contribution in [0.25, 0.3) is 0 Å². The molecule has 0 unspecified atom stereocenters. The van der Waals surface area contributed by atoms with Gasteiger partial charge in [0.25, 0.3) is 0 Å². The minimum atomic E-state index is 0.499. The standard InChI is InChI=1S/C12H10Cl2N2/c13-10-2-1-9(12(14)7-10)8-16-5-3-11(15)4-6-16/h1-7,15H,8H2. The quantitative estimate of drug-likeness (QED) is 0.850. The molecule has 0 aliphatic rings. The zero-order valence-corrected chi connectivity index (χ0v) is 9.96. The van der Waals surface area contributed by atoms with Gasteiger partial charge in [-0.3, -0.25) is 0 Å². The molecule has 82 valence electrons. The van der Waals surface area contributed by atoms with Gasteiger partial charge in [0.05, 0.1) is 5.36 Å². The van der Waals surface area contributed by atoms with E-state index in [4.69, 9.17) is 28.6 Å². The third-order valence-electron chi connectivity index (χ3n) is 2.26. The van der Waals surface area contributed by atoms with E-state index in [9.17, 15) is 0 Å². The first-order chi connectivity index (χ1) is 7.65. The Balaban J connectivity index is 2.27. The molecular weight excluding hydrogens is 243 g/mol. The van der Waals surface area contributed by atoms with Crippen LogP contribution in [0.5, 0.6) is 0 Å². The number of hydrogen-bond acceptors (Lipinski definition) is 1. The van der Waals surface area contributed by atoms with Crippen molar-refractivity contribution in [1.82, 2.24) is 4.57 Å². The highest BCUT2D eigenvalue weighted by molar-refractivity contribution is 6.35.